The first kappa shape index (κ1) is 10.8. The normalized spacial score (nSPS) is 12.0. The third-order valence-electron chi connectivity index (χ3n) is 1.93. The van der Waals surface area contributed by atoms with Crippen molar-refractivity contribution in [1.29, 1.82) is 0 Å². The Kier molecular flexibility index (Phi) is 5.41. The highest BCUT2D eigenvalue weighted by molar-refractivity contribution is 4.68. The predicted molar refractivity (Wildman–Crippen MR) is 43.4 cm³/mol. The van der Waals surface area contributed by atoms with Crippen LogP contribution in [0.1, 0.15) is 33.6 Å². The first-order valence-corrected chi connectivity index (χ1v) is 3.94. The third-order valence-corrected chi connectivity index (χ3v) is 1.93. The Balaban J connectivity index is 3.51. The summed E-state index contributed by atoms with van der Waals surface area (Å²) in [4.78, 5) is 9.84. The van der Waals surface area contributed by atoms with E-state index in [1.54, 1.807) is 7.05 Å². The van der Waals surface area contributed by atoms with Gasteiger partial charge in [-0.05, 0) is 19.8 Å². The van der Waals surface area contributed by atoms with Gasteiger partial charge in [-0.15, -0.1) is 0 Å². The van der Waals surface area contributed by atoms with Crippen molar-refractivity contribution in [2.75, 3.05) is 7.05 Å². The molecule has 0 radical (unpaired) electrons. The molecule has 0 aliphatic rings. The molecule has 0 atom stereocenters. The lowest BCUT2D eigenvalue weighted by Gasteiger charge is -2.25. The van der Waals surface area contributed by atoms with E-state index in [2.05, 4.69) is 29.9 Å². The van der Waals surface area contributed by atoms with Gasteiger partial charge in [-0.1, -0.05) is 19.5 Å². The van der Waals surface area contributed by atoms with Gasteiger partial charge in [0.15, 0.2) is 0 Å². The number of hydrogen-bond acceptors (Lipinski definition) is 4. The summed E-state index contributed by atoms with van der Waals surface area (Å²) >= 11 is 0. The molecule has 2 N–H and O–H groups in total. The first-order valence-electron chi connectivity index (χ1n) is 3.94. The van der Waals surface area contributed by atoms with Crippen LogP contribution in [-0.4, -0.2) is 12.6 Å². The maximum absolute atomic E-state index is 5.23. The average Bonchev–Trinajstić information content (AvgIpc) is 2.05. The van der Waals surface area contributed by atoms with Gasteiger partial charge in [0.25, 0.3) is 0 Å². The second-order valence-corrected chi connectivity index (χ2v) is 2.65. The molecule has 0 rings (SSSR count). The Labute approximate surface area is 68.1 Å². The van der Waals surface area contributed by atoms with Crippen LogP contribution in [0.15, 0.2) is 0 Å². The molecular formula is C7H18N2O2. The van der Waals surface area contributed by atoms with Crippen LogP contribution in [0.2, 0.25) is 0 Å². The maximum Gasteiger partial charge on any atom is 0.0891 e. The molecular weight excluding hydrogens is 144 g/mol. The topological polar surface area (TPSA) is 42.5 Å². The Morgan fingerprint density at radius 2 is 1.82 bits per heavy atom. The zero-order valence-corrected chi connectivity index (χ0v) is 7.73. The highest BCUT2D eigenvalue weighted by Crippen LogP contribution is 2.17. The van der Waals surface area contributed by atoms with Crippen molar-refractivity contribution in [2.24, 2.45) is 0 Å². The van der Waals surface area contributed by atoms with Crippen LogP contribution in [0.25, 0.3) is 0 Å². The lowest BCUT2D eigenvalue weighted by molar-refractivity contribution is -0.256. The largest absolute Gasteiger partial charge is 0.269 e. The van der Waals surface area contributed by atoms with Crippen LogP contribution in [-0.2, 0) is 9.78 Å². The van der Waals surface area contributed by atoms with Crippen molar-refractivity contribution in [1.82, 2.24) is 11.1 Å². The molecule has 11 heavy (non-hydrogen) atoms. The van der Waals surface area contributed by atoms with Gasteiger partial charge in [-0.3, -0.25) is 4.84 Å². The SMILES string of the molecule is CCC(C)(CC)ONONC. The van der Waals surface area contributed by atoms with E-state index in [1.807, 2.05) is 6.92 Å². The highest BCUT2D eigenvalue weighted by Gasteiger charge is 2.20. The van der Waals surface area contributed by atoms with Crippen LogP contribution in [0, 0.1) is 0 Å². The fraction of sp³-hybridized carbons (Fsp3) is 1.00. The molecule has 4 heteroatoms. The second kappa shape index (κ2) is 5.49. The van der Waals surface area contributed by atoms with Gasteiger partial charge in [0, 0.05) is 7.05 Å². The van der Waals surface area contributed by atoms with Crippen molar-refractivity contribution >= 4 is 0 Å². The minimum Gasteiger partial charge on any atom is -0.269 e. The fourth-order valence-electron chi connectivity index (χ4n) is 0.557. The molecule has 0 bridgehead atoms. The van der Waals surface area contributed by atoms with E-state index in [9.17, 15) is 0 Å². The summed E-state index contributed by atoms with van der Waals surface area (Å²) in [6.45, 7) is 6.17. The van der Waals surface area contributed by atoms with Crippen molar-refractivity contribution < 1.29 is 9.78 Å². The van der Waals surface area contributed by atoms with Crippen molar-refractivity contribution in [3.05, 3.63) is 0 Å². The lowest BCUT2D eigenvalue weighted by atomic mass is 10.0. The Hall–Kier alpha value is -0.160. The molecule has 0 aliphatic heterocycles. The van der Waals surface area contributed by atoms with Gasteiger partial charge in [-0.25, -0.2) is 0 Å². The number of rotatable bonds is 6. The van der Waals surface area contributed by atoms with Crippen LogP contribution in [0.4, 0.5) is 0 Å². The van der Waals surface area contributed by atoms with E-state index in [0.29, 0.717) is 0 Å². The molecule has 0 saturated carbocycles. The van der Waals surface area contributed by atoms with Crippen molar-refractivity contribution in [2.45, 2.75) is 39.2 Å². The van der Waals surface area contributed by atoms with E-state index in [0.717, 1.165) is 12.8 Å². The van der Waals surface area contributed by atoms with Crippen LogP contribution in [0.3, 0.4) is 0 Å². The second-order valence-electron chi connectivity index (χ2n) is 2.65. The van der Waals surface area contributed by atoms with E-state index in [1.165, 1.54) is 0 Å². The summed E-state index contributed by atoms with van der Waals surface area (Å²) in [5, 5.41) is 0. The predicted octanol–water partition coefficient (Wildman–Crippen LogP) is 1.15. The van der Waals surface area contributed by atoms with E-state index in [-0.39, 0.29) is 5.60 Å². The quantitative estimate of drug-likeness (QED) is 0.454. The Morgan fingerprint density at radius 1 is 1.27 bits per heavy atom. The van der Waals surface area contributed by atoms with E-state index in [4.69, 9.17) is 4.84 Å². The summed E-state index contributed by atoms with van der Waals surface area (Å²) in [6.07, 6.45) is 1.90. The van der Waals surface area contributed by atoms with Crippen LogP contribution >= 0.6 is 0 Å². The Morgan fingerprint density at radius 3 is 2.18 bits per heavy atom. The van der Waals surface area contributed by atoms with Gasteiger partial charge in [0.1, 0.15) is 0 Å². The molecule has 0 aromatic heterocycles. The molecule has 0 spiro atoms. The van der Waals surface area contributed by atoms with Crippen molar-refractivity contribution in [3.8, 4) is 0 Å². The fourth-order valence-corrected chi connectivity index (χ4v) is 0.557. The Bertz CT molecular complexity index is 94.4. The minimum atomic E-state index is -0.142. The third kappa shape index (κ3) is 4.31. The standard InChI is InChI=1S/C7H18N2O2/c1-5-7(3,6-2)10-9-11-8-4/h8-9H,5-6H2,1-4H3. The van der Waals surface area contributed by atoms with Gasteiger partial charge in [0.05, 0.1) is 5.60 Å². The summed E-state index contributed by atoms with van der Waals surface area (Å²) < 4.78 is 0. The minimum absolute atomic E-state index is 0.142. The number of nitrogens with one attached hydrogen (secondary N) is 2. The first-order chi connectivity index (χ1) is 5.18. The van der Waals surface area contributed by atoms with Gasteiger partial charge in [0.2, 0.25) is 0 Å². The van der Waals surface area contributed by atoms with Crippen molar-refractivity contribution in [3.63, 3.8) is 0 Å². The molecule has 0 saturated heterocycles. The van der Waals surface area contributed by atoms with Crippen LogP contribution < -0.4 is 11.1 Å². The molecule has 4 nitrogen and oxygen atoms in total. The molecule has 68 valence electrons. The summed E-state index contributed by atoms with van der Waals surface area (Å²) in [6, 6.07) is 0. The molecule has 0 heterocycles. The summed E-state index contributed by atoms with van der Waals surface area (Å²) in [5.41, 5.74) is 4.68. The maximum atomic E-state index is 5.23. The molecule has 0 fully saturated rings. The molecule has 0 aromatic carbocycles. The monoisotopic (exact) mass is 162 g/mol. The summed E-state index contributed by atoms with van der Waals surface area (Å²) in [7, 11) is 1.66. The van der Waals surface area contributed by atoms with E-state index >= 15 is 0 Å². The number of hydrogen-bond donors (Lipinski definition) is 2. The summed E-state index contributed by atoms with van der Waals surface area (Å²) in [5.74, 6) is 0. The smallest absolute Gasteiger partial charge is 0.0891 e. The van der Waals surface area contributed by atoms with Gasteiger partial charge < -0.3 is 0 Å². The molecule has 0 amide bonds. The average molecular weight is 162 g/mol. The number of hydroxylamine groups is 1. The lowest BCUT2D eigenvalue weighted by Crippen LogP contribution is -2.36. The van der Waals surface area contributed by atoms with E-state index < -0.39 is 0 Å². The van der Waals surface area contributed by atoms with Gasteiger partial charge >= 0.3 is 0 Å². The zero-order chi connectivity index (χ0) is 8.74. The molecule has 0 unspecified atom stereocenters. The molecule has 0 aliphatic carbocycles. The highest BCUT2D eigenvalue weighted by atomic mass is 17.0. The zero-order valence-electron chi connectivity index (χ0n) is 7.73. The van der Waals surface area contributed by atoms with Crippen LogP contribution in [0.5, 0.6) is 0 Å². The van der Waals surface area contributed by atoms with Gasteiger partial charge in [-0.2, -0.15) is 10.4 Å². The molecule has 0 aromatic rings.